The fourth-order valence-electron chi connectivity index (χ4n) is 3.04. The predicted octanol–water partition coefficient (Wildman–Crippen LogP) is 4.54. The van der Waals surface area contributed by atoms with Crippen LogP contribution in [0, 0.1) is 5.92 Å². The quantitative estimate of drug-likeness (QED) is 0.849. The zero-order valence-corrected chi connectivity index (χ0v) is 12.5. The summed E-state index contributed by atoms with van der Waals surface area (Å²) in [4.78, 5) is 2.98. The minimum Gasteiger partial charge on any atom is -0.327 e. The van der Waals surface area contributed by atoms with Gasteiger partial charge in [-0.3, -0.25) is 0 Å². The molecular weight excluding hydrogens is 238 g/mol. The summed E-state index contributed by atoms with van der Waals surface area (Å²) in [6.07, 6.45) is 12.0. The van der Waals surface area contributed by atoms with Gasteiger partial charge >= 0.3 is 0 Å². The maximum absolute atomic E-state index is 6.46. The molecule has 1 nitrogen and oxygen atoms in total. The molecule has 1 heterocycles. The molecule has 1 saturated carbocycles. The number of rotatable bonds is 4. The maximum Gasteiger partial charge on any atom is 0.0116 e. The molecule has 0 aromatic carbocycles. The van der Waals surface area contributed by atoms with Gasteiger partial charge in [-0.25, -0.2) is 0 Å². The van der Waals surface area contributed by atoms with Crippen LogP contribution >= 0.6 is 11.3 Å². The Bertz CT molecular complexity index is 337. The van der Waals surface area contributed by atoms with Crippen molar-refractivity contribution in [1.82, 2.24) is 0 Å². The molecule has 0 bridgehead atoms. The second kappa shape index (κ2) is 7.30. The van der Waals surface area contributed by atoms with Crippen molar-refractivity contribution in [1.29, 1.82) is 0 Å². The van der Waals surface area contributed by atoms with Crippen LogP contribution in [0.5, 0.6) is 0 Å². The second-order valence-electron chi connectivity index (χ2n) is 5.69. The van der Waals surface area contributed by atoms with Gasteiger partial charge in [0.15, 0.2) is 0 Å². The lowest BCUT2D eigenvalue weighted by Crippen LogP contribution is -2.32. The van der Waals surface area contributed by atoms with Crippen molar-refractivity contribution in [2.24, 2.45) is 11.7 Å². The first-order chi connectivity index (χ1) is 8.79. The Balaban J connectivity index is 1.86. The van der Waals surface area contributed by atoms with Crippen LogP contribution in [0.4, 0.5) is 0 Å². The van der Waals surface area contributed by atoms with Crippen LogP contribution in [0.3, 0.4) is 0 Å². The van der Waals surface area contributed by atoms with Crippen molar-refractivity contribution >= 4 is 11.3 Å². The molecule has 1 aliphatic carbocycles. The average molecular weight is 265 g/mol. The van der Waals surface area contributed by atoms with Crippen molar-refractivity contribution < 1.29 is 0 Å². The minimum absolute atomic E-state index is 0.381. The summed E-state index contributed by atoms with van der Waals surface area (Å²) in [7, 11) is 0. The fourth-order valence-corrected chi connectivity index (χ4v) is 4.07. The Labute approximate surface area is 116 Å². The SMILES string of the molecule is CCc1ccc(CC(N)C2CCCCCCC2)s1. The lowest BCUT2D eigenvalue weighted by molar-refractivity contribution is 0.323. The minimum atomic E-state index is 0.381. The van der Waals surface area contributed by atoms with Gasteiger partial charge in [-0.1, -0.05) is 39.0 Å². The van der Waals surface area contributed by atoms with Crippen LogP contribution < -0.4 is 5.73 Å². The summed E-state index contributed by atoms with van der Waals surface area (Å²) in [5, 5.41) is 0. The maximum atomic E-state index is 6.46. The molecule has 1 aromatic heterocycles. The van der Waals surface area contributed by atoms with Crippen molar-refractivity contribution in [2.75, 3.05) is 0 Å². The average Bonchev–Trinajstić information content (AvgIpc) is 2.76. The Morgan fingerprint density at radius 3 is 2.33 bits per heavy atom. The van der Waals surface area contributed by atoms with E-state index in [4.69, 9.17) is 5.73 Å². The normalized spacial score (nSPS) is 20.3. The van der Waals surface area contributed by atoms with E-state index < -0.39 is 0 Å². The van der Waals surface area contributed by atoms with Crippen LogP contribution in [0.15, 0.2) is 12.1 Å². The van der Waals surface area contributed by atoms with E-state index in [0.717, 1.165) is 18.8 Å². The van der Waals surface area contributed by atoms with Gasteiger partial charge in [-0.05, 0) is 43.7 Å². The van der Waals surface area contributed by atoms with E-state index in [1.54, 1.807) is 0 Å². The van der Waals surface area contributed by atoms with Gasteiger partial charge in [0, 0.05) is 15.8 Å². The van der Waals surface area contributed by atoms with E-state index in [1.807, 2.05) is 11.3 Å². The summed E-state index contributed by atoms with van der Waals surface area (Å²) >= 11 is 1.95. The summed E-state index contributed by atoms with van der Waals surface area (Å²) < 4.78 is 0. The highest BCUT2D eigenvalue weighted by Gasteiger charge is 2.19. The monoisotopic (exact) mass is 265 g/mol. The lowest BCUT2D eigenvalue weighted by Gasteiger charge is -2.25. The van der Waals surface area contributed by atoms with Gasteiger partial charge < -0.3 is 5.73 Å². The topological polar surface area (TPSA) is 26.0 Å². The Morgan fingerprint density at radius 1 is 1.11 bits per heavy atom. The highest BCUT2D eigenvalue weighted by molar-refractivity contribution is 7.11. The Hall–Kier alpha value is -0.340. The van der Waals surface area contributed by atoms with Crippen LogP contribution in [-0.2, 0) is 12.8 Å². The largest absolute Gasteiger partial charge is 0.327 e. The molecule has 2 heteroatoms. The fraction of sp³-hybridized carbons (Fsp3) is 0.750. The van der Waals surface area contributed by atoms with Gasteiger partial charge in [0.2, 0.25) is 0 Å². The van der Waals surface area contributed by atoms with Gasteiger partial charge in [0.1, 0.15) is 0 Å². The van der Waals surface area contributed by atoms with E-state index in [-0.39, 0.29) is 0 Å². The molecule has 1 atom stereocenters. The molecular formula is C16H27NS. The van der Waals surface area contributed by atoms with Crippen LogP contribution in [0.1, 0.15) is 61.6 Å². The Morgan fingerprint density at radius 2 is 1.72 bits per heavy atom. The van der Waals surface area contributed by atoms with Gasteiger partial charge in [-0.2, -0.15) is 0 Å². The van der Waals surface area contributed by atoms with Crippen LogP contribution in [-0.4, -0.2) is 6.04 Å². The third kappa shape index (κ3) is 4.10. The molecule has 1 aliphatic rings. The molecule has 0 radical (unpaired) electrons. The smallest absolute Gasteiger partial charge is 0.0116 e. The lowest BCUT2D eigenvalue weighted by atomic mass is 9.85. The number of nitrogens with two attached hydrogens (primary N) is 1. The standard InChI is InChI=1S/C16H27NS/c1-2-14-10-11-15(18-14)12-16(17)13-8-6-4-3-5-7-9-13/h10-11,13,16H,2-9,12,17H2,1H3. The molecule has 1 fully saturated rings. The summed E-state index contributed by atoms with van der Waals surface area (Å²) in [5.74, 6) is 0.762. The van der Waals surface area contributed by atoms with Crippen molar-refractivity contribution in [3.8, 4) is 0 Å². The highest BCUT2D eigenvalue weighted by Crippen LogP contribution is 2.27. The Kier molecular flexibility index (Phi) is 5.71. The third-order valence-electron chi connectivity index (χ3n) is 4.26. The number of hydrogen-bond acceptors (Lipinski definition) is 2. The number of thiophene rings is 1. The van der Waals surface area contributed by atoms with Gasteiger partial charge in [0.05, 0.1) is 0 Å². The number of hydrogen-bond donors (Lipinski definition) is 1. The molecule has 2 N–H and O–H groups in total. The van der Waals surface area contributed by atoms with E-state index >= 15 is 0 Å². The van der Waals surface area contributed by atoms with E-state index in [2.05, 4.69) is 19.1 Å². The predicted molar refractivity (Wildman–Crippen MR) is 81.2 cm³/mol. The van der Waals surface area contributed by atoms with E-state index in [9.17, 15) is 0 Å². The zero-order chi connectivity index (χ0) is 12.8. The molecule has 0 saturated heterocycles. The molecule has 0 aliphatic heterocycles. The third-order valence-corrected chi connectivity index (χ3v) is 5.51. The first-order valence-corrected chi connectivity index (χ1v) is 8.44. The molecule has 0 amide bonds. The first-order valence-electron chi connectivity index (χ1n) is 7.62. The van der Waals surface area contributed by atoms with Crippen molar-refractivity contribution in [3.05, 3.63) is 21.9 Å². The van der Waals surface area contributed by atoms with Gasteiger partial charge in [-0.15, -0.1) is 11.3 Å². The summed E-state index contributed by atoms with van der Waals surface area (Å²) in [6.45, 7) is 2.23. The van der Waals surface area contributed by atoms with Crippen molar-refractivity contribution in [2.45, 2.75) is 70.8 Å². The molecule has 1 unspecified atom stereocenters. The van der Waals surface area contributed by atoms with Crippen LogP contribution in [0.25, 0.3) is 0 Å². The number of aryl methyl sites for hydroxylation is 1. The molecule has 102 valence electrons. The summed E-state index contributed by atoms with van der Waals surface area (Å²) in [5.41, 5.74) is 6.46. The van der Waals surface area contributed by atoms with Crippen molar-refractivity contribution in [3.63, 3.8) is 0 Å². The first kappa shape index (κ1) is 14.1. The molecule has 1 aromatic rings. The van der Waals surface area contributed by atoms with Crippen LogP contribution in [0.2, 0.25) is 0 Å². The molecule has 18 heavy (non-hydrogen) atoms. The van der Waals surface area contributed by atoms with E-state index in [0.29, 0.717) is 6.04 Å². The zero-order valence-electron chi connectivity index (χ0n) is 11.7. The van der Waals surface area contributed by atoms with E-state index in [1.165, 1.54) is 54.7 Å². The van der Waals surface area contributed by atoms with Gasteiger partial charge in [0.25, 0.3) is 0 Å². The molecule has 2 rings (SSSR count). The highest BCUT2D eigenvalue weighted by atomic mass is 32.1. The second-order valence-corrected chi connectivity index (χ2v) is 6.95. The summed E-state index contributed by atoms with van der Waals surface area (Å²) in [6, 6.07) is 4.93. The molecule has 0 spiro atoms.